The molecule has 3 rings (SSSR count). The van der Waals surface area contributed by atoms with Crippen LogP contribution in [0, 0.1) is 21.4 Å². The van der Waals surface area contributed by atoms with E-state index in [0.717, 1.165) is 18.9 Å². The first-order valence-electron chi connectivity index (χ1n) is 7.37. The van der Waals surface area contributed by atoms with Crippen LogP contribution in [0.5, 0.6) is 0 Å². The van der Waals surface area contributed by atoms with E-state index < -0.39 is 14.9 Å². The minimum Gasteiger partial charge on any atom is -0.383 e. The Morgan fingerprint density at radius 3 is 2.50 bits per heavy atom. The minimum atomic E-state index is -3.92. The molecule has 0 heterocycles. The third-order valence-electron chi connectivity index (χ3n) is 4.90. The molecule has 0 unspecified atom stereocenters. The number of nitro groups is 1. The maximum atomic E-state index is 11.7. The summed E-state index contributed by atoms with van der Waals surface area (Å²) in [5, 5.41) is 19.2. The molecule has 0 spiro atoms. The summed E-state index contributed by atoms with van der Waals surface area (Å²) < 4.78 is 23.3. The second-order valence-corrected chi connectivity index (χ2v) is 7.86. The molecule has 2 aliphatic carbocycles. The molecule has 0 atom stereocenters. The Bertz CT molecular complexity index is 709. The van der Waals surface area contributed by atoms with Gasteiger partial charge in [-0.25, -0.2) is 13.6 Å². The zero-order valence-electron chi connectivity index (χ0n) is 12.1. The van der Waals surface area contributed by atoms with Crippen LogP contribution in [0.4, 0.5) is 11.4 Å². The highest BCUT2D eigenvalue weighted by Crippen LogP contribution is 2.57. The van der Waals surface area contributed by atoms with Crippen LogP contribution in [0.25, 0.3) is 0 Å². The topological polar surface area (TPSA) is 115 Å². The van der Waals surface area contributed by atoms with Crippen LogP contribution in [-0.2, 0) is 10.0 Å². The number of nitrogens with two attached hydrogens (primary N) is 1. The molecule has 7 nitrogen and oxygen atoms in total. The van der Waals surface area contributed by atoms with Crippen LogP contribution >= 0.6 is 0 Å². The van der Waals surface area contributed by atoms with Crippen LogP contribution in [0.15, 0.2) is 23.1 Å². The average molecular weight is 325 g/mol. The molecule has 3 N–H and O–H groups in total. The van der Waals surface area contributed by atoms with Gasteiger partial charge < -0.3 is 5.32 Å². The molecule has 120 valence electrons. The molecule has 2 saturated carbocycles. The number of primary sulfonamides is 1. The highest BCUT2D eigenvalue weighted by molar-refractivity contribution is 7.89. The Morgan fingerprint density at radius 1 is 1.36 bits per heavy atom. The Morgan fingerprint density at radius 2 is 2.05 bits per heavy atom. The lowest BCUT2D eigenvalue weighted by molar-refractivity contribution is -0.384. The first-order chi connectivity index (χ1) is 10.3. The monoisotopic (exact) mass is 325 g/mol. The first kappa shape index (κ1) is 15.2. The van der Waals surface area contributed by atoms with Crippen LogP contribution in [-0.4, -0.2) is 19.9 Å². The van der Waals surface area contributed by atoms with Crippen molar-refractivity contribution in [3.63, 3.8) is 0 Å². The molecule has 8 heteroatoms. The zero-order valence-corrected chi connectivity index (χ0v) is 12.9. The van der Waals surface area contributed by atoms with Crippen LogP contribution in [0.2, 0.25) is 0 Å². The smallest absolute Gasteiger partial charge is 0.271 e. The van der Waals surface area contributed by atoms with Crippen molar-refractivity contribution in [3.05, 3.63) is 28.3 Å². The van der Waals surface area contributed by atoms with Gasteiger partial charge in [-0.1, -0.05) is 6.42 Å². The van der Waals surface area contributed by atoms with Gasteiger partial charge in [-0.2, -0.15) is 0 Å². The number of non-ortho nitro benzene ring substituents is 1. The van der Waals surface area contributed by atoms with Crippen molar-refractivity contribution in [3.8, 4) is 0 Å². The van der Waals surface area contributed by atoms with Gasteiger partial charge in [0, 0.05) is 18.7 Å². The van der Waals surface area contributed by atoms with Crippen molar-refractivity contribution in [1.29, 1.82) is 0 Å². The number of benzene rings is 1. The second-order valence-electron chi connectivity index (χ2n) is 6.33. The van der Waals surface area contributed by atoms with Gasteiger partial charge in [-0.15, -0.1) is 0 Å². The van der Waals surface area contributed by atoms with Crippen molar-refractivity contribution in [2.45, 2.75) is 37.0 Å². The van der Waals surface area contributed by atoms with Gasteiger partial charge in [0.2, 0.25) is 10.0 Å². The Labute approximate surface area is 129 Å². The van der Waals surface area contributed by atoms with Gasteiger partial charge >= 0.3 is 0 Å². The third kappa shape index (κ3) is 2.80. The molecule has 2 fully saturated rings. The molecule has 0 aliphatic heterocycles. The summed E-state index contributed by atoms with van der Waals surface area (Å²) in [4.78, 5) is 10.3. The summed E-state index contributed by atoms with van der Waals surface area (Å²) in [6.45, 7) is 0.640. The fraction of sp³-hybridized carbons (Fsp3) is 0.571. The van der Waals surface area contributed by atoms with Gasteiger partial charge in [0.1, 0.15) is 4.90 Å². The van der Waals surface area contributed by atoms with Crippen molar-refractivity contribution in [2.24, 2.45) is 16.5 Å². The fourth-order valence-electron chi connectivity index (χ4n) is 3.35. The molecule has 0 radical (unpaired) electrons. The number of sulfonamides is 1. The van der Waals surface area contributed by atoms with E-state index in [-0.39, 0.29) is 21.7 Å². The molecule has 22 heavy (non-hydrogen) atoms. The summed E-state index contributed by atoms with van der Waals surface area (Å²) >= 11 is 0. The standard InChI is InChI=1S/C14H19N3O4S/c15-22(20,21)13-5-4-11(17(18)19)8-12(13)16-9-14(6-1-7-14)10-2-3-10/h4-5,8,10,16H,1-3,6-7,9H2,(H2,15,20,21). The first-order valence-corrected chi connectivity index (χ1v) is 8.92. The van der Waals surface area contributed by atoms with Gasteiger partial charge in [0.25, 0.3) is 5.69 Å². The lowest BCUT2D eigenvalue weighted by atomic mass is 9.65. The molecule has 0 bridgehead atoms. The minimum absolute atomic E-state index is 0.0941. The molecule has 1 aromatic rings. The number of rotatable bonds is 6. The van der Waals surface area contributed by atoms with Gasteiger partial charge in [-0.05, 0) is 43.1 Å². The normalized spacial score (nSPS) is 20.2. The summed E-state index contributed by atoms with van der Waals surface area (Å²) in [5.41, 5.74) is 0.299. The maximum Gasteiger partial charge on any atom is 0.271 e. The van der Waals surface area contributed by atoms with E-state index in [0.29, 0.717) is 12.5 Å². The Hall–Kier alpha value is -1.67. The van der Waals surface area contributed by atoms with Crippen molar-refractivity contribution >= 4 is 21.4 Å². The number of hydrogen-bond acceptors (Lipinski definition) is 5. The highest BCUT2D eigenvalue weighted by atomic mass is 32.2. The Kier molecular flexibility index (Phi) is 3.60. The summed E-state index contributed by atoms with van der Waals surface area (Å²) in [7, 11) is -3.92. The Balaban J connectivity index is 1.87. The highest BCUT2D eigenvalue weighted by Gasteiger charge is 2.48. The maximum absolute atomic E-state index is 11.7. The van der Waals surface area contributed by atoms with Crippen LogP contribution in [0.3, 0.4) is 0 Å². The summed E-state index contributed by atoms with van der Waals surface area (Å²) in [6.07, 6.45) is 5.89. The predicted molar refractivity (Wildman–Crippen MR) is 82.0 cm³/mol. The number of nitrogens with zero attached hydrogens (tertiary/aromatic N) is 1. The van der Waals surface area contributed by atoms with Crippen molar-refractivity contribution in [1.82, 2.24) is 0 Å². The van der Waals surface area contributed by atoms with Gasteiger partial charge in [0.05, 0.1) is 10.6 Å². The summed E-state index contributed by atoms with van der Waals surface area (Å²) in [6, 6.07) is 3.60. The number of hydrogen-bond donors (Lipinski definition) is 2. The largest absolute Gasteiger partial charge is 0.383 e. The number of nitrogens with one attached hydrogen (secondary N) is 1. The molecule has 1 aromatic carbocycles. The van der Waals surface area contributed by atoms with Crippen LogP contribution in [0.1, 0.15) is 32.1 Å². The lowest BCUT2D eigenvalue weighted by Gasteiger charge is -2.43. The van der Waals surface area contributed by atoms with E-state index in [1.54, 1.807) is 0 Å². The molecule has 0 aromatic heterocycles. The molecule has 0 saturated heterocycles. The van der Waals surface area contributed by atoms with E-state index in [1.807, 2.05) is 0 Å². The van der Waals surface area contributed by atoms with E-state index in [9.17, 15) is 18.5 Å². The van der Waals surface area contributed by atoms with E-state index in [4.69, 9.17) is 5.14 Å². The molecular weight excluding hydrogens is 306 g/mol. The zero-order chi connectivity index (χ0) is 16.0. The second kappa shape index (κ2) is 5.20. The average Bonchev–Trinajstić information content (AvgIpc) is 3.21. The molecule has 2 aliphatic rings. The fourth-order valence-corrected chi connectivity index (χ4v) is 4.04. The van der Waals surface area contributed by atoms with E-state index in [2.05, 4.69) is 5.32 Å². The van der Waals surface area contributed by atoms with E-state index in [1.165, 1.54) is 31.4 Å². The quantitative estimate of drug-likeness (QED) is 0.614. The van der Waals surface area contributed by atoms with Crippen LogP contribution < -0.4 is 10.5 Å². The molecular formula is C14H19N3O4S. The van der Waals surface area contributed by atoms with Gasteiger partial charge in [0.15, 0.2) is 0 Å². The van der Waals surface area contributed by atoms with Crippen molar-refractivity contribution in [2.75, 3.05) is 11.9 Å². The number of anilines is 1. The van der Waals surface area contributed by atoms with E-state index >= 15 is 0 Å². The SMILES string of the molecule is NS(=O)(=O)c1ccc([N+](=O)[O-])cc1NCC1(C2CC2)CCC1. The molecule has 0 amide bonds. The van der Waals surface area contributed by atoms with Crippen molar-refractivity contribution < 1.29 is 13.3 Å². The van der Waals surface area contributed by atoms with Gasteiger partial charge in [-0.3, -0.25) is 10.1 Å². The third-order valence-corrected chi connectivity index (χ3v) is 5.87. The summed E-state index contributed by atoms with van der Waals surface area (Å²) in [5.74, 6) is 0.699. The predicted octanol–water partition coefficient (Wildman–Crippen LogP) is 2.23. The number of nitro benzene ring substituents is 1. The lowest BCUT2D eigenvalue weighted by Crippen LogP contribution is -2.38.